The van der Waals surface area contributed by atoms with Gasteiger partial charge in [-0.15, -0.1) is 25.3 Å². The number of nitrogens with zero attached hydrogens (tertiary/aromatic N) is 1. The Labute approximate surface area is 167 Å². The first kappa shape index (κ1) is 23.4. The van der Waals surface area contributed by atoms with Crippen molar-refractivity contribution >= 4 is 43.4 Å². The molecule has 0 spiro atoms. The summed E-state index contributed by atoms with van der Waals surface area (Å²) in [6.07, 6.45) is 3.48. The molecule has 0 atom stereocenters. The van der Waals surface area contributed by atoms with Gasteiger partial charge >= 0.3 is 21.2 Å². The highest BCUT2D eigenvalue weighted by Crippen LogP contribution is 2.37. The molecule has 150 valence electrons. The Morgan fingerprint density at radius 1 is 0.964 bits per heavy atom. The lowest BCUT2D eigenvalue weighted by Gasteiger charge is -2.02. The fourth-order valence-electron chi connectivity index (χ4n) is 3.14. The van der Waals surface area contributed by atoms with Gasteiger partial charge in [-0.3, -0.25) is 0 Å². The van der Waals surface area contributed by atoms with Crippen molar-refractivity contribution in [2.24, 2.45) is 0 Å². The van der Waals surface area contributed by atoms with Crippen LogP contribution in [0.3, 0.4) is 0 Å². The second-order valence-corrected chi connectivity index (χ2v) is 7.11. The standard InChI is InChI=1S/C19H22N.2O3S/c1-5-11-20-17-10-9-14(4)15-7-6-8-16(19(15)17)18(20)12-13(2)3;2*1-4(2)3/h6-10,12H,5,11H2,1-4H3;;/q+1;;. The molecule has 0 saturated heterocycles. The lowest BCUT2D eigenvalue weighted by molar-refractivity contribution is -0.435. The third-order valence-electron chi connectivity index (χ3n) is 3.97. The van der Waals surface area contributed by atoms with Crippen molar-refractivity contribution in [2.75, 3.05) is 6.54 Å². The van der Waals surface area contributed by atoms with Gasteiger partial charge in [0.2, 0.25) is 11.4 Å². The van der Waals surface area contributed by atoms with Gasteiger partial charge in [0.05, 0.1) is 10.9 Å². The van der Waals surface area contributed by atoms with E-state index in [9.17, 15) is 0 Å². The molecule has 0 fully saturated rings. The zero-order valence-corrected chi connectivity index (χ0v) is 17.7. The summed E-state index contributed by atoms with van der Waals surface area (Å²) in [6.45, 7) is 9.86. The van der Waals surface area contributed by atoms with Crippen LogP contribution in [0.25, 0.3) is 10.8 Å². The zero-order valence-electron chi connectivity index (χ0n) is 16.1. The Hall–Kier alpha value is -2.65. The van der Waals surface area contributed by atoms with Gasteiger partial charge in [-0.2, -0.15) is 4.58 Å². The van der Waals surface area contributed by atoms with Crippen LogP contribution in [-0.2, 0) is 21.2 Å². The molecule has 0 aliphatic carbocycles. The Kier molecular flexibility index (Phi) is 8.87. The number of rotatable bonds is 3. The molecule has 1 aliphatic heterocycles. The fourth-order valence-corrected chi connectivity index (χ4v) is 3.14. The van der Waals surface area contributed by atoms with E-state index >= 15 is 0 Å². The van der Waals surface area contributed by atoms with Crippen molar-refractivity contribution in [1.82, 2.24) is 0 Å². The van der Waals surface area contributed by atoms with E-state index in [2.05, 4.69) is 68.7 Å². The van der Waals surface area contributed by atoms with Crippen LogP contribution in [0.4, 0.5) is 5.69 Å². The maximum atomic E-state index is 8.44. The molecule has 3 rings (SSSR count). The van der Waals surface area contributed by atoms with E-state index in [0.29, 0.717) is 0 Å². The molecule has 0 saturated carbocycles. The molecular formula is C19H22NO6S2+. The van der Waals surface area contributed by atoms with Crippen LogP contribution in [-0.4, -0.2) is 42.1 Å². The first-order chi connectivity index (χ1) is 13.1. The maximum absolute atomic E-state index is 8.44. The summed E-state index contributed by atoms with van der Waals surface area (Å²) in [5.41, 5.74) is 6.83. The molecule has 0 N–H and O–H groups in total. The van der Waals surface area contributed by atoms with E-state index in [1.54, 1.807) is 0 Å². The monoisotopic (exact) mass is 424 g/mol. The van der Waals surface area contributed by atoms with Crippen molar-refractivity contribution in [3.8, 4) is 0 Å². The van der Waals surface area contributed by atoms with Gasteiger partial charge in [0, 0.05) is 18.6 Å². The van der Waals surface area contributed by atoms with Crippen LogP contribution in [0.1, 0.15) is 38.3 Å². The average Bonchev–Trinajstić information content (AvgIpc) is 2.85. The summed E-state index contributed by atoms with van der Waals surface area (Å²) in [5.74, 6) is 0. The van der Waals surface area contributed by atoms with E-state index < -0.39 is 21.2 Å². The highest BCUT2D eigenvalue weighted by Gasteiger charge is 2.30. The van der Waals surface area contributed by atoms with Crippen molar-refractivity contribution in [3.05, 3.63) is 53.1 Å². The van der Waals surface area contributed by atoms with Crippen LogP contribution in [0.15, 0.2) is 42.0 Å². The highest BCUT2D eigenvalue weighted by atomic mass is 32.2. The molecule has 2 aromatic carbocycles. The van der Waals surface area contributed by atoms with Gasteiger partial charge < -0.3 is 0 Å². The molecule has 1 heterocycles. The fraction of sp³-hybridized carbons (Fsp3) is 0.316. The Bertz CT molecular complexity index is 1110. The Morgan fingerprint density at radius 2 is 1.54 bits per heavy atom. The van der Waals surface area contributed by atoms with E-state index in [1.165, 1.54) is 38.9 Å². The molecule has 0 unspecified atom stereocenters. The molecule has 0 bridgehead atoms. The molecule has 1 aliphatic rings. The van der Waals surface area contributed by atoms with Gasteiger partial charge in [-0.1, -0.05) is 30.7 Å². The molecule has 28 heavy (non-hydrogen) atoms. The van der Waals surface area contributed by atoms with Crippen LogP contribution in [0.2, 0.25) is 0 Å². The number of allylic oxidation sites excluding steroid dienone is 2. The minimum Gasteiger partial charge on any atom is -0.191 e. The minimum atomic E-state index is -3.11. The van der Waals surface area contributed by atoms with Gasteiger partial charge in [0.1, 0.15) is 6.54 Å². The summed E-state index contributed by atoms with van der Waals surface area (Å²) in [7, 11) is -6.22. The number of aryl methyl sites for hydroxylation is 1. The van der Waals surface area contributed by atoms with Gasteiger partial charge in [0.25, 0.3) is 0 Å². The SMILES string of the molecule is CCC[N+]1=C(C=C(C)C)c2cccc3c(C)ccc1c23.O=S(=O)=O.O=S(=O)=O. The van der Waals surface area contributed by atoms with Crippen LogP contribution in [0, 0.1) is 6.92 Å². The van der Waals surface area contributed by atoms with Crippen molar-refractivity contribution in [1.29, 1.82) is 0 Å². The molecular weight excluding hydrogens is 402 g/mol. The van der Waals surface area contributed by atoms with Crippen LogP contribution < -0.4 is 0 Å². The van der Waals surface area contributed by atoms with Gasteiger partial charge in [-0.25, -0.2) is 0 Å². The van der Waals surface area contributed by atoms with Gasteiger partial charge in [0.15, 0.2) is 0 Å². The van der Waals surface area contributed by atoms with Crippen molar-refractivity contribution < 1.29 is 29.8 Å². The van der Waals surface area contributed by atoms with Gasteiger partial charge in [-0.05, 0) is 37.8 Å². The van der Waals surface area contributed by atoms with E-state index in [-0.39, 0.29) is 0 Å². The number of hydrogen-bond donors (Lipinski definition) is 0. The van der Waals surface area contributed by atoms with Crippen molar-refractivity contribution in [3.63, 3.8) is 0 Å². The largest absolute Gasteiger partial charge is 0.425 e. The molecule has 0 radical (unpaired) electrons. The number of hydrogen-bond acceptors (Lipinski definition) is 6. The smallest absolute Gasteiger partial charge is 0.191 e. The van der Waals surface area contributed by atoms with Crippen LogP contribution >= 0.6 is 0 Å². The van der Waals surface area contributed by atoms with E-state index in [1.807, 2.05) is 0 Å². The van der Waals surface area contributed by atoms with Crippen molar-refractivity contribution in [2.45, 2.75) is 34.1 Å². The average molecular weight is 425 g/mol. The summed E-state index contributed by atoms with van der Waals surface area (Å²) in [4.78, 5) is 0. The summed E-state index contributed by atoms with van der Waals surface area (Å²) >= 11 is 0. The normalized spacial score (nSPS) is 11.1. The molecule has 0 amide bonds. The quantitative estimate of drug-likeness (QED) is 0.702. The molecule has 9 heteroatoms. The summed E-state index contributed by atoms with van der Waals surface area (Å²) in [5, 5.41) is 2.81. The lowest BCUT2D eigenvalue weighted by Crippen LogP contribution is -2.13. The lowest BCUT2D eigenvalue weighted by atomic mass is 9.98. The number of benzene rings is 2. The molecule has 0 aromatic heterocycles. The highest BCUT2D eigenvalue weighted by molar-refractivity contribution is 7.59. The maximum Gasteiger partial charge on any atom is 0.425 e. The van der Waals surface area contributed by atoms with Crippen LogP contribution in [0.5, 0.6) is 0 Å². The zero-order chi connectivity index (χ0) is 21.4. The minimum absolute atomic E-state index is 1.08. The third kappa shape index (κ3) is 6.21. The second kappa shape index (κ2) is 10.6. The molecule has 2 aromatic rings. The van der Waals surface area contributed by atoms with E-state index in [4.69, 9.17) is 25.3 Å². The third-order valence-corrected chi connectivity index (χ3v) is 3.97. The first-order valence-corrected chi connectivity index (χ1v) is 10.5. The summed E-state index contributed by atoms with van der Waals surface area (Å²) < 4.78 is 53.1. The Balaban J connectivity index is 0.000000420. The molecule has 7 nitrogen and oxygen atoms in total. The van der Waals surface area contributed by atoms with E-state index in [0.717, 1.165) is 13.0 Å². The summed E-state index contributed by atoms with van der Waals surface area (Å²) in [6, 6.07) is 11.2. The first-order valence-electron chi connectivity index (χ1n) is 8.45. The Morgan fingerprint density at radius 3 is 2.04 bits per heavy atom. The topological polar surface area (TPSA) is 105 Å². The predicted molar refractivity (Wildman–Crippen MR) is 107 cm³/mol. The predicted octanol–water partition coefficient (Wildman–Crippen LogP) is 2.96. The second-order valence-electron chi connectivity index (χ2n) is 6.30.